The van der Waals surface area contributed by atoms with E-state index in [1.807, 2.05) is 12.3 Å². The molecule has 134 valence electrons. The van der Waals surface area contributed by atoms with Crippen LogP contribution in [0.2, 0.25) is 0 Å². The first kappa shape index (κ1) is 17.8. The summed E-state index contributed by atoms with van der Waals surface area (Å²) < 4.78 is 26.7. The van der Waals surface area contributed by atoms with Crippen LogP contribution in [0.5, 0.6) is 0 Å². The Morgan fingerprint density at radius 1 is 0.920 bits per heavy atom. The molecule has 0 aliphatic carbocycles. The Bertz CT molecular complexity index is 735. The van der Waals surface area contributed by atoms with Gasteiger partial charge in [0.05, 0.1) is 11.9 Å². The van der Waals surface area contributed by atoms with Gasteiger partial charge >= 0.3 is 0 Å². The summed E-state index contributed by atoms with van der Waals surface area (Å²) in [5.74, 6) is -0.945. The van der Waals surface area contributed by atoms with Gasteiger partial charge in [-0.25, -0.2) is 8.78 Å². The van der Waals surface area contributed by atoms with Crippen molar-refractivity contribution in [3.8, 4) is 11.1 Å². The third kappa shape index (κ3) is 3.82. The minimum atomic E-state index is -0.825. The number of hydrogen-bond donors (Lipinski definition) is 0. The summed E-state index contributed by atoms with van der Waals surface area (Å²) >= 11 is 0. The van der Waals surface area contributed by atoms with Crippen molar-refractivity contribution in [1.82, 2.24) is 9.88 Å². The van der Waals surface area contributed by atoms with E-state index in [1.165, 1.54) is 38.1 Å². The highest BCUT2D eigenvalue weighted by atomic mass is 19.2. The fraction of sp³-hybridized carbons (Fsp3) is 0.450. The fourth-order valence-corrected chi connectivity index (χ4v) is 3.84. The summed E-state index contributed by atoms with van der Waals surface area (Å²) in [6.07, 6.45) is 6.14. The Labute approximate surface area is 148 Å². The molecule has 2 atom stereocenters. The Hall–Kier alpha value is -2.01. The molecule has 2 aliphatic rings. The van der Waals surface area contributed by atoms with Crippen LogP contribution in [0.25, 0.3) is 11.1 Å². The molecule has 1 aromatic carbocycles. The van der Waals surface area contributed by atoms with Gasteiger partial charge in [-0.2, -0.15) is 0 Å². The van der Waals surface area contributed by atoms with E-state index in [9.17, 15) is 8.78 Å². The summed E-state index contributed by atoms with van der Waals surface area (Å²) in [6.45, 7) is 5.50. The lowest BCUT2D eigenvalue weighted by Gasteiger charge is -2.29. The second-order valence-electron chi connectivity index (χ2n) is 6.82. The van der Waals surface area contributed by atoms with Crippen LogP contribution in [0.1, 0.15) is 20.3 Å². The molecule has 2 bridgehead atoms. The molecule has 2 unspecified atom stereocenters. The fourth-order valence-electron chi connectivity index (χ4n) is 3.84. The Balaban J connectivity index is 0.00000182. The van der Waals surface area contributed by atoms with Crippen LogP contribution in [0.15, 0.2) is 36.7 Å². The lowest BCUT2D eigenvalue weighted by Crippen LogP contribution is -2.35. The molecule has 2 fully saturated rings. The summed E-state index contributed by atoms with van der Waals surface area (Å²) in [4.78, 5) is 9.26. The molecule has 0 amide bonds. The van der Waals surface area contributed by atoms with Crippen molar-refractivity contribution >= 4 is 5.69 Å². The normalized spacial score (nSPS) is 22.9. The van der Waals surface area contributed by atoms with Crippen LogP contribution in [-0.2, 0) is 0 Å². The molecular formula is C20H25F2N3. The molecule has 0 radical (unpaired) electrons. The van der Waals surface area contributed by atoms with Gasteiger partial charge in [0.2, 0.25) is 0 Å². The standard InChI is InChI=1S/C19H21F2N3.CH4/c20-18-4-3-15(9-19(18)21)16-8-17(11-22-10-16)24-7-6-23-5-1-2-14(12-23)13-24;/h3-4,8-11,14H,1-2,5-7,12-13H2;1H4. The summed E-state index contributed by atoms with van der Waals surface area (Å²) in [7, 11) is 0. The molecule has 2 saturated heterocycles. The minimum absolute atomic E-state index is 0. The van der Waals surface area contributed by atoms with Crippen LogP contribution in [0, 0.1) is 17.6 Å². The SMILES string of the molecule is C.Fc1ccc(-c2cncc(N3CCN4CCCC(C4)C3)c2)cc1F. The van der Waals surface area contributed by atoms with Crippen LogP contribution in [0.3, 0.4) is 0 Å². The molecule has 1 aromatic heterocycles. The zero-order chi connectivity index (χ0) is 16.5. The second kappa shape index (κ2) is 7.48. The first-order valence-electron chi connectivity index (χ1n) is 8.57. The van der Waals surface area contributed by atoms with Crippen molar-refractivity contribution in [2.24, 2.45) is 5.92 Å². The van der Waals surface area contributed by atoms with Gasteiger partial charge in [0.15, 0.2) is 11.6 Å². The van der Waals surface area contributed by atoms with Gasteiger partial charge in [-0.15, -0.1) is 0 Å². The zero-order valence-corrected chi connectivity index (χ0v) is 13.6. The van der Waals surface area contributed by atoms with E-state index in [-0.39, 0.29) is 7.43 Å². The van der Waals surface area contributed by atoms with Crippen molar-refractivity contribution in [2.75, 3.05) is 37.6 Å². The topological polar surface area (TPSA) is 19.4 Å². The quantitative estimate of drug-likeness (QED) is 0.813. The third-order valence-corrected chi connectivity index (χ3v) is 5.11. The number of hydrogen-bond acceptors (Lipinski definition) is 3. The van der Waals surface area contributed by atoms with E-state index in [0.29, 0.717) is 11.5 Å². The van der Waals surface area contributed by atoms with E-state index >= 15 is 0 Å². The predicted molar refractivity (Wildman–Crippen MR) is 97.7 cm³/mol. The number of halogens is 2. The first-order chi connectivity index (χ1) is 11.7. The Morgan fingerprint density at radius 3 is 2.64 bits per heavy atom. The van der Waals surface area contributed by atoms with Crippen molar-refractivity contribution in [1.29, 1.82) is 0 Å². The van der Waals surface area contributed by atoms with Gasteiger partial charge in [0, 0.05) is 37.9 Å². The first-order valence-corrected chi connectivity index (χ1v) is 8.57. The molecule has 0 spiro atoms. The summed E-state index contributed by atoms with van der Waals surface area (Å²) in [5.41, 5.74) is 2.53. The highest BCUT2D eigenvalue weighted by molar-refractivity contribution is 5.67. The van der Waals surface area contributed by atoms with Crippen LogP contribution in [0.4, 0.5) is 14.5 Å². The van der Waals surface area contributed by atoms with Crippen LogP contribution >= 0.6 is 0 Å². The van der Waals surface area contributed by atoms with Crippen molar-refractivity contribution in [3.63, 3.8) is 0 Å². The van der Waals surface area contributed by atoms with Gasteiger partial charge in [-0.3, -0.25) is 4.98 Å². The molecule has 0 saturated carbocycles. The molecule has 5 heteroatoms. The van der Waals surface area contributed by atoms with Gasteiger partial charge in [0.1, 0.15) is 0 Å². The van der Waals surface area contributed by atoms with Crippen LogP contribution < -0.4 is 4.90 Å². The number of anilines is 1. The molecule has 3 nitrogen and oxygen atoms in total. The molecular weight excluding hydrogens is 320 g/mol. The minimum Gasteiger partial charge on any atom is -0.369 e. The maximum atomic E-state index is 13.5. The number of piperidine rings is 1. The van der Waals surface area contributed by atoms with E-state index in [2.05, 4.69) is 14.8 Å². The number of nitrogens with zero attached hydrogens (tertiary/aromatic N) is 3. The highest BCUT2D eigenvalue weighted by Crippen LogP contribution is 2.28. The number of aromatic nitrogens is 1. The third-order valence-electron chi connectivity index (χ3n) is 5.11. The van der Waals surface area contributed by atoms with E-state index < -0.39 is 11.6 Å². The van der Waals surface area contributed by atoms with E-state index in [0.717, 1.165) is 30.9 Å². The second-order valence-corrected chi connectivity index (χ2v) is 6.82. The van der Waals surface area contributed by atoms with Crippen LogP contribution in [-0.4, -0.2) is 42.6 Å². The molecule has 4 rings (SSSR count). The number of fused-ring (bicyclic) bond motifs is 2. The van der Waals surface area contributed by atoms with Gasteiger partial charge in [-0.1, -0.05) is 13.5 Å². The lowest BCUT2D eigenvalue weighted by molar-refractivity contribution is 0.201. The smallest absolute Gasteiger partial charge is 0.159 e. The predicted octanol–water partition coefficient (Wildman–Crippen LogP) is 4.19. The van der Waals surface area contributed by atoms with Gasteiger partial charge in [0.25, 0.3) is 0 Å². The van der Waals surface area contributed by atoms with E-state index in [4.69, 9.17) is 0 Å². The number of rotatable bonds is 2. The number of benzene rings is 1. The van der Waals surface area contributed by atoms with Crippen molar-refractivity contribution < 1.29 is 8.78 Å². The van der Waals surface area contributed by atoms with Crippen molar-refractivity contribution in [3.05, 3.63) is 48.3 Å². The zero-order valence-electron chi connectivity index (χ0n) is 13.6. The molecule has 3 heterocycles. The molecule has 0 N–H and O–H groups in total. The average Bonchev–Trinajstić information content (AvgIpc) is 2.75. The van der Waals surface area contributed by atoms with Gasteiger partial charge in [-0.05, 0) is 49.1 Å². The lowest BCUT2D eigenvalue weighted by atomic mass is 9.98. The molecule has 25 heavy (non-hydrogen) atoms. The Kier molecular flexibility index (Phi) is 5.33. The Morgan fingerprint density at radius 2 is 1.80 bits per heavy atom. The summed E-state index contributed by atoms with van der Waals surface area (Å²) in [5, 5.41) is 0. The summed E-state index contributed by atoms with van der Waals surface area (Å²) in [6, 6.07) is 6.03. The molecule has 2 aromatic rings. The maximum absolute atomic E-state index is 13.5. The monoisotopic (exact) mass is 345 g/mol. The van der Waals surface area contributed by atoms with Crippen molar-refractivity contribution in [2.45, 2.75) is 20.3 Å². The van der Waals surface area contributed by atoms with Gasteiger partial charge < -0.3 is 9.80 Å². The maximum Gasteiger partial charge on any atom is 0.159 e. The molecule has 2 aliphatic heterocycles. The van der Waals surface area contributed by atoms with E-state index in [1.54, 1.807) is 12.3 Å². The highest BCUT2D eigenvalue weighted by Gasteiger charge is 2.26. The largest absolute Gasteiger partial charge is 0.369 e. The number of pyridine rings is 1. The average molecular weight is 345 g/mol.